The summed E-state index contributed by atoms with van der Waals surface area (Å²) < 4.78 is 0. The van der Waals surface area contributed by atoms with Gasteiger partial charge in [0, 0.05) is 23.2 Å². The number of nitrogens with two attached hydrogens (primary N) is 2. The Balaban J connectivity index is 1.46. The molecule has 324 valence electrons. The maximum atomic E-state index is 6.15. The summed E-state index contributed by atoms with van der Waals surface area (Å²) in [6.07, 6.45) is 35.9. The van der Waals surface area contributed by atoms with E-state index in [1.165, 1.54) is 200 Å². The molecule has 0 bridgehead atoms. The van der Waals surface area contributed by atoms with Crippen molar-refractivity contribution in [3.05, 3.63) is 130 Å². The molecule has 0 saturated carbocycles. The second-order valence-corrected chi connectivity index (χ2v) is 18.2. The van der Waals surface area contributed by atoms with Gasteiger partial charge in [0.2, 0.25) is 0 Å². The highest BCUT2D eigenvalue weighted by Gasteiger charge is 2.19. The van der Waals surface area contributed by atoms with Crippen molar-refractivity contribution >= 4 is 11.4 Å². The maximum absolute atomic E-state index is 6.15. The van der Waals surface area contributed by atoms with E-state index < -0.39 is 0 Å². The molecule has 0 heterocycles. The van der Waals surface area contributed by atoms with Crippen molar-refractivity contribution in [3.8, 4) is 0 Å². The first-order chi connectivity index (χ1) is 29.0. The zero-order chi connectivity index (χ0) is 41.8. The van der Waals surface area contributed by atoms with Gasteiger partial charge in [-0.25, -0.2) is 0 Å². The van der Waals surface area contributed by atoms with Crippen LogP contribution < -0.4 is 11.5 Å². The van der Waals surface area contributed by atoms with Crippen LogP contribution in [0.4, 0.5) is 11.4 Å². The van der Waals surface area contributed by atoms with Crippen molar-refractivity contribution in [2.75, 3.05) is 11.5 Å². The Bertz CT molecular complexity index is 1590. The van der Waals surface area contributed by atoms with E-state index in [1.54, 1.807) is 0 Å². The summed E-state index contributed by atoms with van der Waals surface area (Å²) in [5.74, 6) is 1.36. The van der Waals surface area contributed by atoms with Crippen molar-refractivity contribution in [1.29, 1.82) is 0 Å². The number of rotatable bonds is 33. The standard InChI is InChI=1S/C57H86N2/c1-4-7-10-13-16-19-22-25-28-56(51-38-42-54(58)43-39-51)49-32-30-47(31-33-49)46-53(27-24-21-18-15-12-9-6-3)48-34-36-50(37-35-48)57(52-40-44-55(59)45-41-52)29-26-23-20-17-14-11-8-5-2/h30-45,53,56-57H,4-29,46,58-59H2,1-3H3. The Hall–Kier alpha value is -3.52. The first kappa shape index (κ1) is 48.1. The van der Waals surface area contributed by atoms with E-state index in [0.717, 1.165) is 17.8 Å². The van der Waals surface area contributed by atoms with Crippen molar-refractivity contribution in [2.45, 2.75) is 212 Å². The monoisotopic (exact) mass is 799 g/mol. The Morgan fingerprint density at radius 2 is 0.576 bits per heavy atom. The van der Waals surface area contributed by atoms with Gasteiger partial charge in [-0.2, -0.15) is 0 Å². The van der Waals surface area contributed by atoms with Gasteiger partial charge < -0.3 is 11.5 Å². The molecule has 4 aromatic rings. The Labute approximate surface area is 363 Å². The van der Waals surface area contributed by atoms with E-state index in [2.05, 4.69) is 118 Å². The molecule has 0 aliphatic rings. The lowest BCUT2D eigenvalue weighted by Crippen LogP contribution is -2.07. The normalized spacial score (nSPS) is 13.1. The maximum Gasteiger partial charge on any atom is 0.0314 e. The summed E-state index contributed by atoms with van der Waals surface area (Å²) in [7, 11) is 0. The first-order valence-corrected chi connectivity index (χ1v) is 24.9. The molecule has 4 aromatic carbocycles. The van der Waals surface area contributed by atoms with Crippen LogP contribution in [-0.4, -0.2) is 0 Å². The molecular weight excluding hydrogens is 713 g/mol. The molecular formula is C57H86N2. The fourth-order valence-electron chi connectivity index (χ4n) is 9.38. The molecule has 0 aliphatic heterocycles. The third-order valence-electron chi connectivity index (χ3n) is 13.2. The number of hydrogen-bond acceptors (Lipinski definition) is 2. The number of unbranched alkanes of at least 4 members (excludes halogenated alkanes) is 20. The molecule has 0 fully saturated rings. The van der Waals surface area contributed by atoms with Gasteiger partial charge in [0.1, 0.15) is 0 Å². The van der Waals surface area contributed by atoms with Crippen molar-refractivity contribution in [1.82, 2.24) is 0 Å². The van der Waals surface area contributed by atoms with Gasteiger partial charge in [-0.3, -0.25) is 0 Å². The summed E-state index contributed by atoms with van der Waals surface area (Å²) in [5.41, 5.74) is 22.6. The third-order valence-corrected chi connectivity index (χ3v) is 13.2. The average molecular weight is 799 g/mol. The largest absolute Gasteiger partial charge is 0.399 e. The Morgan fingerprint density at radius 1 is 0.305 bits per heavy atom. The molecule has 0 aliphatic carbocycles. The summed E-state index contributed by atoms with van der Waals surface area (Å²) in [6.45, 7) is 6.92. The summed E-state index contributed by atoms with van der Waals surface area (Å²) in [5, 5.41) is 0. The van der Waals surface area contributed by atoms with Crippen LogP contribution in [0.3, 0.4) is 0 Å². The predicted octanol–water partition coefficient (Wildman–Crippen LogP) is 17.6. The van der Waals surface area contributed by atoms with E-state index in [9.17, 15) is 0 Å². The van der Waals surface area contributed by atoms with Crippen LogP contribution in [0.2, 0.25) is 0 Å². The van der Waals surface area contributed by atoms with Gasteiger partial charge in [-0.15, -0.1) is 0 Å². The van der Waals surface area contributed by atoms with Crippen LogP contribution in [-0.2, 0) is 6.42 Å². The minimum atomic E-state index is 0.415. The van der Waals surface area contributed by atoms with Crippen molar-refractivity contribution in [3.63, 3.8) is 0 Å². The summed E-state index contributed by atoms with van der Waals surface area (Å²) in [4.78, 5) is 0. The smallest absolute Gasteiger partial charge is 0.0314 e. The first-order valence-electron chi connectivity index (χ1n) is 24.9. The second-order valence-electron chi connectivity index (χ2n) is 18.2. The van der Waals surface area contributed by atoms with Crippen LogP contribution in [0.25, 0.3) is 0 Å². The van der Waals surface area contributed by atoms with Gasteiger partial charge in [0.05, 0.1) is 0 Å². The summed E-state index contributed by atoms with van der Waals surface area (Å²) in [6, 6.07) is 37.0. The molecule has 0 aromatic heterocycles. The topological polar surface area (TPSA) is 52.0 Å². The second kappa shape index (κ2) is 29.7. The highest BCUT2D eigenvalue weighted by molar-refractivity contribution is 5.44. The van der Waals surface area contributed by atoms with E-state index in [-0.39, 0.29) is 0 Å². The van der Waals surface area contributed by atoms with Crippen LogP contribution in [0.15, 0.2) is 97.1 Å². The van der Waals surface area contributed by atoms with Gasteiger partial charge in [0.25, 0.3) is 0 Å². The van der Waals surface area contributed by atoms with Crippen LogP contribution in [0.1, 0.15) is 239 Å². The van der Waals surface area contributed by atoms with E-state index in [1.807, 2.05) is 0 Å². The predicted molar refractivity (Wildman–Crippen MR) is 262 cm³/mol. The number of benzene rings is 4. The molecule has 0 saturated heterocycles. The molecule has 59 heavy (non-hydrogen) atoms. The third kappa shape index (κ3) is 18.7. The zero-order valence-electron chi connectivity index (χ0n) is 38.2. The van der Waals surface area contributed by atoms with Crippen LogP contribution in [0.5, 0.6) is 0 Å². The fraction of sp³-hybridized carbons (Fsp3) is 0.579. The quantitative estimate of drug-likeness (QED) is 0.0373. The minimum absolute atomic E-state index is 0.415. The van der Waals surface area contributed by atoms with Crippen molar-refractivity contribution in [2.24, 2.45) is 0 Å². The molecule has 3 atom stereocenters. The number of hydrogen-bond donors (Lipinski definition) is 2. The number of nitrogen functional groups attached to an aromatic ring is 2. The zero-order valence-corrected chi connectivity index (χ0v) is 38.2. The van der Waals surface area contributed by atoms with Gasteiger partial charge in [-0.1, -0.05) is 241 Å². The fourth-order valence-corrected chi connectivity index (χ4v) is 9.38. The van der Waals surface area contributed by atoms with Gasteiger partial charge in [-0.05, 0) is 89.2 Å². The van der Waals surface area contributed by atoms with Crippen LogP contribution in [0, 0.1) is 0 Å². The SMILES string of the molecule is CCCCCCCCCCC(c1ccc(N)cc1)c1ccc(CC(CCCCCCCCC)c2ccc(C(CCCCCCCCCC)c3ccc(N)cc3)cc2)cc1. The highest BCUT2D eigenvalue weighted by atomic mass is 14.5. The van der Waals surface area contributed by atoms with E-state index in [0.29, 0.717) is 17.8 Å². The van der Waals surface area contributed by atoms with E-state index in [4.69, 9.17) is 11.5 Å². The molecule has 2 nitrogen and oxygen atoms in total. The molecule has 0 spiro atoms. The Kier molecular flexibility index (Phi) is 24.2. The van der Waals surface area contributed by atoms with Crippen LogP contribution >= 0.6 is 0 Å². The lowest BCUT2D eigenvalue weighted by atomic mass is 9.82. The molecule has 2 heteroatoms. The molecule has 0 radical (unpaired) electrons. The highest BCUT2D eigenvalue weighted by Crippen LogP contribution is 2.35. The lowest BCUT2D eigenvalue weighted by molar-refractivity contribution is 0.531. The summed E-state index contributed by atoms with van der Waals surface area (Å²) >= 11 is 0. The minimum Gasteiger partial charge on any atom is -0.399 e. The Morgan fingerprint density at radius 3 is 0.932 bits per heavy atom. The molecule has 3 unspecified atom stereocenters. The molecule has 0 amide bonds. The average Bonchev–Trinajstić information content (AvgIpc) is 3.26. The van der Waals surface area contributed by atoms with E-state index >= 15 is 0 Å². The molecule has 4 N–H and O–H groups in total. The number of anilines is 2. The van der Waals surface area contributed by atoms with Gasteiger partial charge in [0.15, 0.2) is 0 Å². The van der Waals surface area contributed by atoms with Crippen molar-refractivity contribution < 1.29 is 0 Å². The molecule has 4 rings (SSSR count). The van der Waals surface area contributed by atoms with Gasteiger partial charge >= 0.3 is 0 Å². The lowest BCUT2D eigenvalue weighted by Gasteiger charge is -2.22.